The van der Waals surface area contributed by atoms with Crippen LogP contribution in [-0.2, 0) is 9.59 Å². The first-order valence-electron chi connectivity index (χ1n) is 4.16. The predicted octanol–water partition coefficient (Wildman–Crippen LogP) is -2.21. The molecule has 0 saturated heterocycles. The van der Waals surface area contributed by atoms with Gasteiger partial charge in [-0.3, -0.25) is 4.79 Å². The Hall–Kier alpha value is -0.980. The summed E-state index contributed by atoms with van der Waals surface area (Å²) in [6.45, 7) is 2.54. The summed E-state index contributed by atoms with van der Waals surface area (Å²) < 4.78 is 0. The van der Waals surface area contributed by atoms with Crippen molar-refractivity contribution < 1.29 is 24.9 Å². The Labute approximate surface area is 81.5 Å². The molecule has 0 heterocycles. The fourth-order valence-electron chi connectivity index (χ4n) is 1.02. The minimum Gasteiger partial charge on any atom is -0.391 e. The van der Waals surface area contributed by atoms with Crippen LogP contribution in [0.15, 0.2) is 0 Å². The van der Waals surface area contributed by atoms with Crippen molar-refractivity contribution in [2.24, 2.45) is 0 Å². The highest BCUT2D eigenvalue weighted by molar-refractivity contribution is 5.73. The van der Waals surface area contributed by atoms with Crippen molar-refractivity contribution in [3.05, 3.63) is 0 Å². The average molecular weight is 205 g/mol. The number of aliphatic hydroxyl groups excluding tert-OH is 3. The summed E-state index contributed by atoms with van der Waals surface area (Å²) >= 11 is 0. The fourth-order valence-corrected chi connectivity index (χ4v) is 1.02. The first-order chi connectivity index (χ1) is 6.40. The molecule has 6 nitrogen and oxygen atoms in total. The van der Waals surface area contributed by atoms with Crippen LogP contribution in [0, 0.1) is 0 Å². The monoisotopic (exact) mass is 205 g/mol. The van der Waals surface area contributed by atoms with Crippen molar-refractivity contribution in [1.29, 1.82) is 0 Å². The van der Waals surface area contributed by atoms with Gasteiger partial charge in [-0.15, -0.1) is 0 Å². The first kappa shape index (κ1) is 13.0. The number of carbonyl (C=O) groups excluding carboxylic acids is 2. The highest BCUT2D eigenvalue weighted by Gasteiger charge is 2.30. The summed E-state index contributed by atoms with van der Waals surface area (Å²) in [5.41, 5.74) is 0. The summed E-state index contributed by atoms with van der Waals surface area (Å²) in [6.07, 6.45) is -4.07. The van der Waals surface area contributed by atoms with Gasteiger partial charge >= 0.3 is 0 Å². The maximum absolute atomic E-state index is 10.7. The molecule has 0 aromatic heterocycles. The lowest BCUT2D eigenvalue weighted by Gasteiger charge is -2.27. The van der Waals surface area contributed by atoms with E-state index in [9.17, 15) is 19.8 Å². The van der Waals surface area contributed by atoms with Crippen LogP contribution in [0.25, 0.3) is 0 Å². The second-order valence-electron chi connectivity index (χ2n) is 3.08. The van der Waals surface area contributed by atoms with Crippen molar-refractivity contribution >= 4 is 12.2 Å². The molecule has 0 bridgehead atoms. The van der Waals surface area contributed by atoms with Crippen LogP contribution in [0.1, 0.15) is 13.8 Å². The molecule has 82 valence electrons. The van der Waals surface area contributed by atoms with Crippen LogP contribution >= 0.6 is 0 Å². The van der Waals surface area contributed by atoms with Gasteiger partial charge in [-0.2, -0.15) is 0 Å². The molecular weight excluding hydrogens is 190 g/mol. The van der Waals surface area contributed by atoms with Gasteiger partial charge in [-0.1, -0.05) is 0 Å². The summed E-state index contributed by atoms with van der Waals surface area (Å²) in [6, 6.07) is -1.06. The van der Waals surface area contributed by atoms with Crippen molar-refractivity contribution in [3.63, 3.8) is 0 Å². The lowest BCUT2D eigenvalue weighted by molar-refractivity contribution is -0.128. The van der Waals surface area contributed by atoms with Gasteiger partial charge in [0.15, 0.2) is 6.29 Å². The van der Waals surface area contributed by atoms with Crippen LogP contribution in [-0.4, -0.2) is 51.9 Å². The molecule has 0 aromatic rings. The van der Waals surface area contributed by atoms with Crippen LogP contribution in [0.3, 0.4) is 0 Å². The number of aliphatic hydroxyl groups is 3. The third-order valence-electron chi connectivity index (χ3n) is 1.75. The lowest BCUT2D eigenvalue weighted by atomic mass is 10.0. The summed E-state index contributed by atoms with van der Waals surface area (Å²) in [4.78, 5) is 20.8. The molecule has 4 N–H and O–H groups in total. The van der Waals surface area contributed by atoms with Gasteiger partial charge < -0.3 is 25.4 Å². The molecule has 0 fully saturated rings. The number of nitrogens with one attached hydrogen (secondary N) is 1. The molecule has 4 atom stereocenters. The minimum atomic E-state index is -1.62. The molecule has 6 heteroatoms. The van der Waals surface area contributed by atoms with Gasteiger partial charge in [-0.05, 0) is 6.92 Å². The molecule has 0 spiro atoms. The van der Waals surface area contributed by atoms with E-state index in [1.165, 1.54) is 13.8 Å². The molecule has 0 aliphatic heterocycles. The second kappa shape index (κ2) is 5.69. The van der Waals surface area contributed by atoms with Crippen LogP contribution in [0.5, 0.6) is 0 Å². The largest absolute Gasteiger partial charge is 0.391 e. The van der Waals surface area contributed by atoms with Crippen LogP contribution in [0.2, 0.25) is 0 Å². The SMILES string of the molecule is CC(=O)NC(C(C)O)C(O)C(O)C=O. The van der Waals surface area contributed by atoms with Crippen molar-refractivity contribution in [1.82, 2.24) is 5.32 Å². The third kappa shape index (κ3) is 3.82. The Bertz CT molecular complexity index is 206. The molecule has 14 heavy (non-hydrogen) atoms. The van der Waals surface area contributed by atoms with Gasteiger partial charge in [-0.25, -0.2) is 0 Å². The zero-order chi connectivity index (χ0) is 11.3. The van der Waals surface area contributed by atoms with E-state index < -0.39 is 30.3 Å². The van der Waals surface area contributed by atoms with Crippen LogP contribution in [0.4, 0.5) is 0 Å². The number of aldehydes is 1. The van der Waals surface area contributed by atoms with Gasteiger partial charge in [0.2, 0.25) is 5.91 Å². The quantitative estimate of drug-likeness (QED) is 0.381. The standard InChI is InChI=1S/C8H15NO5/c1-4(11)7(9-5(2)12)8(14)6(13)3-10/h3-4,6-8,11,13-14H,1-2H3,(H,9,12). The normalized spacial score (nSPS) is 19.2. The third-order valence-corrected chi connectivity index (χ3v) is 1.75. The molecule has 4 unspecified atom stereocenters. The number of amides is 1. The summed E-state index contributed by atoms with van der Waals surface area (Å²) in [7, 11) is 0. The first-order valence-corrected chi connectivity index (χ1v) is 4.16. The van der Waals surface area contributed by atoms with E-state index >= 15 is 0 Å². The Kier molecular flexibility index (Phi) is 5.29. The van der Waals surface area contributed by atoms with Gasteiger partial charge in [0, 0.05) is 6.92 Å². The Morgan fingerprint density at radius 3 is 2.14 bits per heavy atom. The number of rotatable bonds is 5. The number of hydrogen-bond acceptors (Lipinski definition) is 5. The van der Waals surface area contributed by atoms with Crippen molar-refractivity contribution in [3.8, 4) is 0 Å². The average Bonchev–Trinajstić information content (AvgIpc) is 2.11. The number of hydrogen-bond donors (Lipinski definition) is 4. The maximum Gasteiger partial charge on any atom is 0.217 e. The van der Waals surface area contributed by atoms with E-state index in [2.05, 4.69) is 5.32 Å². The summed E-state index contributed by atoms with van der Waals surface area (Å²) in [5, 5.41) is 29.7. The summed E-state index contributed by atoms with van der Waals surface area (Å²) in [5.74, 6) is -0.465. The van der Waals surface area contributed by atoms with Crippen LogP contribution < -0.4 is 5.32 Å². The van der Waals surface area contributed by atoms with E-state index in [0.29, 0.717) is 0 Å². The molecule has 0 aromatic carbocycles. The molecule has 0 saturated carbocycles. The van der Waals surface area contributed by atoms with E-state index in [1.807, 2.05) is 0 Å². The smallest absolute Gasteiger partial charge is 0.217 e. The Morgan fingerprint density at radius 2 is 1.86 bits per heavy atom. The number of carbonyl (C=O) groups is 2. The van der Waals surface area contributed by atoms with E-state index in [1.54, 1.807) is 0 Å². The predicted molar refractivity (Wildman–Crippen MR) is 47.4 cm³/mol. The molecule has 1 amide bonds. The van der Waals surface area contributed by atoms with Crippen molar-refractivity contribution in [2.45, 2.75) is 38.2 Å². The Morgan fingerprint density at radius 1 is 1.36 bits per heavy atom. The van der Waals surface area contributed by atoms with E-state index in [0.717, 1.165) is 0 Å². The lowest BCUT2D eigenvalue weighted by Crippen LogP contribution is -2.53. The molecule has 0 rings (SSSR count). The second-order valence-corrected chi connectivity index (χ2v) is 3.08. The minimum absolute atomic E-state index is 0.141. The van der Waals surface area contributed by atoms with E-state index in [4.69, 9.17) is 5.11 Å². The zero-order valence-corrected chi connectivity index (χ0v) is 8.04. The molecule has 0 aliphatic carbocycles. The van der Waals surface area contributed by atoms with Gasteiger partial charge in [0.1, 0.15) is 12.2 Å². The highest BCUT2D eigenvalue weighted by atomic mass is 16.3. The Balaban J connectivity index is 4.47. The highest BCUT2D eigenvalue weighted by Crippen LogP contribution is 2.03. The van der Waals surface area contributed by atoms with Gasteiger partial charge in [0.05, 0.1) is 12.1 Å². The fraction of sp³-hybridized carbons (Fsp3) is 0.750. The van der Waals surface area contributed by atoms with Gasteiger partial charge in [0.25, 0.3) is 0 Å². The maximum atomic E-state index is 10.7. The molecule has 0 aliphatic rings. The molecule has 0 radical (unpaired) electrons. The zero-order valence-electron chi connectivity index (χ0n) is 8.04. The van der Waals surface area contributed by atoms with E-state index in [-0.39, 0.29) is 6.29 Å². The molecular formula is C8H15NO5. The van der Waals surface area contributed by atoms with Crippen molar-refractivity contribution in [2.75, 3.05) is 0 Å². The topological polar surface area (TPSA) is 107 Å².